The van der Waals surface area contributed by atoms with E-state index in [1.165, 1.54) is 12.0 Å². The molecule has 1 N–H and O–H groups in total. The van der Waals surface area contributed by atoms with Crippen molar-refractivity contribution in [1.82, 2.24) is 4.98 Å². The Hall–Kier alpha value is -0.930. The molecule has 2 heterocycles. The van der Waals surface area contributed by atoms with E-state index < -0.39 is 0 Å². The van der Waals surface area contributed by atoms with Gasteiger partial charge in [-0.1, -0.05) is 6.07 Å². The zero-order chi connectivity index (χ0) is 12.4. The van der Waals surface area contributed by atoms with Crippen molar-refractivity contribution in [1.29, 1.82) is 0 Å². The summed E-state index contributed by atoms with van der Waals surface area (Å²) in [6, 6.07) is 4.16. The van der Waals surface area contributed by atoms with Crippen molar-refractivity contribution >= 4 is 0 Å². The predicted octanol–water partition coefficient (Wildman–Crippen LogP) is 2.29. The summed E-state index contributed by atoms with van der Waals surface area (Å²) in [6.45, 7) is 1.59. The first kappa shape index (κ1) is 12.1. The summed E-state index contributed by atoms with van der Waals surface area (Å²) in [5, 5.41) is 10.6. The van der Waals surface area contributed by atoms with Crippen LogP contribution < -0.4 is 0 Å². The van der Waals surface area contributed by atoms with Gasteiger partial charge in [0.05, 0.1) is 6.10 Å². The average molecular weight is 247 g/mol. The number of ether oxygens (including phenoxy) is 1. The fraction of sp³-hybridized carbons (Fsp3) is 0.667. The molecule has 2 aliphatic rings. The second-order valence-electron chi connectivity index (χ2n) is 5.49. The minimum atomic E-state index is -0.247. The van der Waals surface area contributed by atoms with Gasteiger partial charge in [0.1, 0.15) is 0 Å². The molecule has 1 aromatic rings. The smallest absolute Gasteiger partial charge is 0.0653 e. The molecule has 3 nitrogen and oxygen atoms in total. The number of hydrogen-bond acceptors (Lipinski definition) is 3. The van der Waals surface area contributed by atoms with Gasteiger partial charge in [0, 0.05) is 31.0 Å². The number of aliphatic hydroxyl groups is 1. The number of aliphatic hydroxyl groups excluding tert-OH is 1. The van der Waals surface area contributed by atoms with E-state index in [4.69, 9.17) is 4.74 Å². The van der Waals surface area contributed by atoms with Crippen molar-refractivity contribution in [2.75, 3.05) is 13.2 Å². The van der Waals surface area contributed by atoms with Crippen LogP contribution in [-0.4, -0.2) is 29.4 Å². The van der Waals surface area contributed by atoms with E-state index in [-0.39, 0.29) is 12.0 Å². The predicted molar refractivity (Wildman–Crippen MR) is 69.5 cm³/mol. The number of fused-ring (bicyclic) bond motifs is 1. The standard InChI is InChI=1S/C15H21NO2/c17-15(12-6-9-18-10-7-12)13-5-1-3-11-4-2-8-16-14(11)13/h2,4,8,12-13,15,17H,1,3,5-7,9-10H2. The maximum atomic E-state index is 10.6. The third kappa shape index (κ3) is 2.29. The molecule has 1 fully saturated rings. The summed E-state index contributed by atoms with van der Waals surface area (Å²) in [4.78, 5) is 4.53. The maximum Gasteiger partial charge on any atom is 0.0653 e. The number of rotatable bonds is 2. The van der Waals surface area contributed by atoms with Crippen LogP contribution in [0.1, 0.15) is 42.9 Å². The zero-order valence-corrected chi connectivity index (χ0v) is 10.7. The van der Waals surface area contributed by atoms with Gasteiger partial charge in [-0.3, -0.25) is 4.98 Å². The number of nitrogens with zero attached hydrogens (tertiary/aromatic N) is 1. The third-order valence-electron chi connectivity index (χ3n) is 4.40. The average Bonchev–Trinajstić information content (AvgIpc) is 2.47. The molecule has 1 aromatic heterocycles. The second-order valence-corrected chi connectivity index (χ2v) is 5.49. The fourth-order valence-electron chi connectivity index (χ4n) is 3.36. The Kier molecular flexibility index (Phi) is 3.62. The van der Waals surface area contributed by atoms with Crippen LogP contribution in [0.15, 0.2) is 18.3 Å². The highest BCUT2D eigenvalue weighted by Gasteiger charge is 2.33. The van der Waals surface area contributed by atoms with Crippen molar-refractivity contribution in [2.24, 2.45) is 5.92 Å². The van der Waals surface area contributed by atoms with Gasteiger partial charge in [0.15, 0.2) is 0 Å². The molecule has 98 valence electrons. The van der Waals surface area contributed by atoms with Crippen LogP contribution in [0.5, 0.6) is 0 Å². The zero-order valence-electron chi connectivity index (χ0n) is 10.7. The Balaban J connectivity index is 1.80. The lowest BCUT2D eigenvalue weighted by molar-refractivity contribution is -0.00597. The molecule has 0 amide bonds. The molecular formula is C15H21NO2. The van der Waals surface area contributed by atoms with Crippen LogP contribution in [0.25, 0.3) is 0 Å². The molecular weight excluding hydrogens is 226 g/mol. The summed E-state index contributed by atoms with van der Waals surface area (Å²) in [5.41, 5.74) is 2.47. The molecule has 0 radical (unpaired) electrons. The van der Waals surface area contributed by atoms with Crippen molar-refractivity contribution < 1.29 is 9.84 Å². The SMILES string of the molecule is OC(C1CCOCC1)C1CCCc2cccnc21. The monoisotopic (exact) mass is 247 g/mol. The normalized spacial score (nSPS) is 26.6. The van der Waals surface area contributed by atoms with E-state index in [0.717, 1.165) is 44.6 Å². The molecule has 0 saturated carbocycles. The highest BCUT2D eigenvalue weighted by atomic mass is 16.5. The van der Waals surface area contributed by atoms with Crippen LogP contribution in [0.3, 0.4) is 0 Å². The van der Waals surface area contributed by atoms with Crippen molar-refractivity contribution in [3.05, 3.63) is 29.6 Å². The third-order valence-corrected chi connectivity index (χ3v) is 4.40. The van der Waals surface area contributed by atoms with Crippen molar-refractivity contribution in [3.63, 3.8) is 0 Å². The van der Waals surface area contributed by atoms with E-state index in [2.05, 4.69) is 11.1 Å². The van der Waals surface area contributed by atoms with Crippen molar-refractivity contribution in [3.8, 4) is 0 Å². The first-order valence-electron chi connectivity index (χ1n) is 7.06. The van der Waals surface area contributed by atoms with Gasteiger partial charge in [0.25, 0.3) is 0 Å². The molecule has 0 aromatic carbocycles. The van der Waals surface area contributed by atoms with E-state index in [9.17, 15) is 5.11 Å². The molecule has 0 spiro atoms. The molecule has 2 unspecified atom stereocenters. The van der Waals surface area contributed by atoms with Crippen molar-refractivity contribution in [2.45, 2.75) is 44.1 Å². The summed E-state index contributed by atoms with van der Waals surface area (Å²) >= 11 is 0. The largest absolute Gasteiger partial charge is 0.392 e. The lowest BCUT2D eigenvalue weighted by Gasteiger charge is -2.34. The van der Waals surface area contributed by atoms with Gasteiger partial charge in [-0.15, -0.1) is 0 Å². The Bertz CT molecular complexity index is 401. The number of aryl methyl sites for hydroxylation is 1. The van der Waals surface area contributed by atoms with E-state index >= 15 is 0 Å². The Morgan fingerprint density at radius 1 is 1.28 bits per heavy atom. The van der Waals surface area contributed by atoms with Gasteiger partial charge in [0.2, 0.25) is 0 Å². The maximum absolute atomic E-state index is 10.6. The Morgan fingerprint density at radius 3 is 2.94 bits per heavy atom. The Labute approximate surface area is 108 Å². The topological polar surface area (TPSA) is 42.4 Å². The number of hydrogen-bond donors (Lipinski definition) is 1. The lowest BCUT2D eigenvalue weighted by atomic mass is 9.77. The van der Waals surface area contributed by atoms with E-state index in [1.807, 2.05) is 12.3 Å². The minimum Gasteiger partial charge on any atom is -0.392 e. The van der Waals surface area contributed by atoms with Crippen LogP contribution >= 0.6 is 0 Å². The summed E-state index contributed by atoms with van der Waals surface area (Å²) in [6.07, 6.45) is 6.93. The van der Waals surface area contributed by atoms with Crippen LogP contribution in [0, 0.1) is 5.92 Å². The molecule has 1 aliphatic heterocycles. The van der Waals surface area contributed by atoms with Gasteiger partial charge in [-0.25, -0.2) is 0 Å². The lowest BCUT2D eigenvalue weighted by Crippen LogP contribution is -2.34. The molecule has 3 rings (SSSR count). The number of pyridine rings is 1. The molecule has 3 heteroatoms. The molecule has 2 atom stereocenters. The van der Waals surface area contributed by atoms with Gasteiger partial charge in [-0.2, -0.15) is 0 Å². The molecule has 1 saturated heterocycles. The highest BCUT2D eigenvalue weighted by Crippen LogP contribution is 2.37. The molecule has 1 aliphatic carbocycles. The molecule has 18 heavy (non-hydrogen) atoms. The quantitative estimate of drug-likeness (QED) is 0.872. The first-order valence-corrected chi connectivity index (χ1v) is 7.06. The Morgan fingerprint density at radius 2 is 2.11 bits per heavy atom. The summed E-state index contributed by atoms with van der Waals surface area (Å²) in [5.74, 6) is 0.620. The van der Waals surface area contributed by atoms with Gasteiger partial charge in [-0.05, 0) is 49.7 Å². The second kappa shape index (κ2) is 5.37. The van der Waals surface area contributed by atoms with Crippen LogP contribution in [-0.2, 0) is 11.2 Å². The van der Waals surface area contributed by atoms with E-state index in [1.54, 1.807) is 0 Å². The highest BCUT2D eigenvalue weighted by molar-refractivity contribution is 5.27. The van der Waals surface area contributed by atoms with Crippen LogP contribution in [0.4, 0.5) is 0 Å². The molecule has 0 bridgehead atoms. The van der Waals surface area contributed by atoms with Crippen LogP contribution in [0.2, 0.25) is 0 Å². The van der Waals surface area contributed by atoms with Gasteiger partial charge >= 0.3 is 0 Å². The summed E-state index contributed by atoms with van der Waals surface area (Å²) in [7, 11) is 0. The van der Waals surface area contributed by atoms with Gasteiger partial charge < -0.3 is 9.84 Å². The summed E-state index contributed by atoms with van der Waals surface area (Å²) < 4.78 is 5.38. The van der Waals surface area contributed by atoms with E-state index in [0.29, 0.717) is 5.92 Å². The fourth-order valence-corrected chi connectivity index (χ4v) is 3.36. The first-order chi connectivity index (χ1) is 8.86. The minimum absolute atomic E-state index is 0.234. The number of aromatic nitrogens is 1.